The second kappa shape index (κ2) is 8.81. The number of carbonyl (C=O) groups is 2. The molecule has 3 N–H and O–H groups in total. The lowest BCUT2D eigenvalue weighted by Gasteiger charge is -2.16. The number of hydrogen-bond acceptors (Lipinski definition) is 4. The van der Waals surface area contributed by atoms with Crippen molar-refractivity contribution >= 4 is 11.8 Å². The van der Waals surface area contributed by atoms with Gasteiger partial charge in [0.15, 0.2) is 0 Å². The number of aromatic nitrogens is 2. The Balaban J connectivity index is 1.41. The number of rotatable bonds is 7. The molecule has 7 nitrogen and oxygen atoms in total. The van der Waals surface area contributed by atoms with Crippen LogP contribution >= 0.6 is 0 Å². The van der Waals surface area contributed by atoms with E-state index >= 15 is 0 Å². The van der Waals surface area contributed by atoms with Gasteiger partial charge in [0, 0.05) is 31.3 Å². The van der Waals surface area contributed by atoms with Crippen molar-refractivity contribution in [3.63, 3.8) is 0 Å². The predicted octanol–water partition coefficient (Wildman–Crippen LogP) is 1.04. The van der Waals surface area contributed by atoms with Crippen LogP contribution < -0.4 is 10.6 Å². The van der Waals surface area contributed by atoms with Gasteiger partial charge in [-0.05, 0) is 43.4 Å². The van der Waals surface area contributed by atoms with Crippen molar-refractivity contribution in [2.45, 2.75) is 37.8 Å². The highest BCUT2D eigenvalue weighted by molar-refractivity contribution is 5.94. The maximum atomic E-state index is 12.4. The number of aliphatic hydroxyl groups excluding tert-OH is 1. The van der Waals surface area contributed by atoms with Crippen LogP contribution in [0.3, 0.4) is 0 Å². The number of hydrogen-bond donors (Lipinski definition) is 3. The van der Waals surface area contributed by atoms with Gasteiger partial charge < -0.3 is 15.7 Å². The molecular weight excluding hydrogens is 344 g/mol. The third kappa shape index (κ3) is 5.17. The average Bonchev–Trinajstić information content (AvgIpc) is 3.25. The summed E-state index contributed by atoms with van der Waals surface area (Å²) < 4.78 is 1.76. The summed E-state index contributed by atoms with van der Waals surface area (Å²) in [5, 5.41) is 20.1. The van der Waals surface area contributed by atoms with E-state index < -0.39 is 12.1 Å². The molecule has 7 heteroatoms. The Morgan fingerprint density at radius 3 is 2.74 bits per heavy atom. The highest BCUT2D eigenvalue weighted by Crippen LogP contribution is 2.26. The van der Waals surface area contributed by atoms with Crippen molar-refractivity contribution in [2.75, 3.05) is 6.54 Å². The molecule has 0 unspecified atom stereocenters. The summed E-state index contributed by atoms with van der Waals surface area (Å²) in [6.45, 7) is 0.585. The Labute approximate surface area is 158 Å². The topological polar surface area (TPSA) is 96.2 Å². The number of nitrogens with zero attached hydrogens (tertiary/aromatic N) is 2. The van der Waals surface area contributed by atoms with Gasteiger partial charge in [-0.25, -0.2) is 0 Å². The van der Waals surface area contributed by atoms with Crippen LogP contribution in [0.4, 0.5) is 0 Å². The van der Waals surface area contributed by atoms with Gasteiger partial charge >= 0.3 is 0 Å². The molecule has 1 saturated carbocycles. The predicted molar refractivity (Wildman–Crippen MR) is 101 cm³/mol. The van der Waals surface area contributed by atoms with Crippen LogP contribution in [0.25, 0.3) is 0 Å². The molecule has 1 fully saturated rings. The van der Waals surface area contributed by atoms with E-state index in [0.717, 1.165) is 18.4 Å². The van der Waals surface area contributed by atoms with Crippen LogP contribution in [-0.2, 0) is 18.3 Å². The van der Waals surface area contributed by atoms with E-state index in [-0.39, 0.29) is 17.7 Å². The van der Waals surface area contributed by atoms with E-state index in [1.807, 2.05) is 25.5 Å². The van der Waals surface area contributed by atoms with E-state index in [2.05, 4.69) is 15.7 Å². The Kier molecular flexibility index (Phi) is 6.24. The molecule has 0 aliphatic heterocycles. The summed E-state index contributed by atoms with van der Waals surface area (Å²) in [5.41, 5.74) is 1.69. The minimum absolute atomic E-state index is 0.0586. The minimum Gasteiger partial charge on any atom is -0.391 e. The lowest BCUT2D eigenvalue weighted by atomic mass is 10.1. The number of aliphatic hydroxyl groups is 1. The molecule has 1 aliphatic carbocycles. The summed E-state index contributed by atoms with van der Waals surface area (Å²) in [7, 11) is 1.88. The van der Waals surface area contributed by atoms with Crippen LogP contribution in [0, 0.1) is 5.92 Å². The monoisotopic (exact) mass is 370 g/mol. The van der Waals surface area contributed by atoms with Crippen molar-refractivity contribution in [2.24, 2.45) is 13.0 Å². The summed E-state index contributed by atoms with van der Waals surface area (Å²) >= 11 is 0. The first kappa shape index (κ1) is 19.1. The first-order valence-corrected chi connectivity index (χ1v) is 9.32. The van der Waals surface area contributed by atoms with Crippen LogP contribution in [0.15, 0.2) is 42.7 Å². The highest BCUT2D eigenvalue weighted by Gasteiger charge is 2.37. The molecule has 0 saturated heterocycles. The van der Waals surface area contributed by atoms with Crippen molar-refractivity contribution in [1.29, 1.82) is 0 Å². The largest absolute Gasteiger partial charge is 0.391 e. The molecule has 3 rings (SSSR count). The molecule has 144 valence electrons. The van der Waals surface area contributed by atoms with Gasteiger partial charge in [-0.3, -0.25) is 14.3 Å². The summed E-state index contributed by atoms with van der Waals surface area (Å²) in [4.78, 5) is 24.6. The van der Waals surface area contributed by atoms with Crippen LogP contribution in [0.1, 0.15) is 35.2 Å². The third-order valence-corrected chi connectivity index (χ3v) is 4.95. The second-order valence-corrected chi connectivity index (χ2v) is 7.10. The van der Waals surface area contributed by atoms with Crippen molar-refractivity contribution in [3.8, 4) is 0 Å². The quantitative estimate of drug-likeness (QED) is 0.635. The zero-order valence-corrected chi connectivity index (χ0v) is 15.5. The van der Waals surface area contributed by atoms with Gasteiger partial charge in [0.05, 0.1) is 18.3 Å². The van der Waals surface area contributed by atoms with Gasteiger partial charge in [-0.2, -0.15) is 5.10 Å². The maximum Gasteiger partial charge on any atom is 0.251 e. The Morgan fingerprint density at radius 2 is 2.04 bits per heavy atom. The molecular formula is C20H26N4O3. The van der Waals surface area contributed by atoms with Gasteiger partial charge in [0.25, 0.3) is 5.91 Å². The van der Waals surface area contributed by atoms with Gasteiger partial charge in [0.1, 0.15) is 0 Å². The lowest BCUT2D eigenvalue weighted by molar-refractivity contribution is -0.125. The number of aryl methyl sites for hydroxylation is 2. The number of amides is 2. The SMILES string of the molecule is Cn1cc(CCCNC(=O)[C@H]2C[C@H](NC(=O)c3ccccc3)[C@@H](O)C2)cn1. The molecule has 1 aromatic heterocycles. The smallest absolute Gasteiger partial charge is 0.251 e. The Hall–Kier alpha value is -2.67. The van der Waals surface area contributed by atoms with Crippen molar-refractivity contribution < 1.29 is 14.7 Å². The molecule has 1 aromatic carbocycles. The molecule has 3 atom stereocenters. The first-order chi connectivity index (χ1) is 13.0. The first-order valence-electron chi connectivity index (χ1n) is 9.32. The average molecular weight is 370 g/mol. The maximum absolute atomic E-state index is 12.4. The Morgan fingerprint density at radius 1 is 1.26 bits per heavy atom. The van der Waals surface area contributed by atoms with Crippen LogP contribution in [-0.4, -0.2) is 45.4 Å². The number of nitrogens with one attached hydrogen (secondary N) is 2. The number of carbonyl (C=O) groups excluding carboxylic acids is 2. The second-order valence-electron chi connectivity index (χ2n) is 7.10. The van der Waals surface area contributed by atoms with Crippen molar-refractivity contribution in [1.82, 2.24) is 20.4 Å². The van der Waals surface area contributed by atoms with Crippen LogP contribution in [0.5, 0.6) is 0 Å². The van der Waals surface area contributed by atoms with E-state index in [1.165, 1.54) is 0 Å². The molecule has 0 bridgehead atoms. The molecule has 1 aliphatic rings. The lowest BCUT2D eigenvalue weighted by Crippen LogP contribution is -2.40. The molecule has 0 spiro atoms. The van der Waals surface area contributed by atoms with E-state index in [9.17, 15) is 14.7 Å². The fraction of sp³-hybridized carbons (Fsp3) is 0.450. The number of benzene rings is 1. The van der Waals surface area contributed by atoms with Gasteiger partial charge in [0.2, 0.25) is 5.91 Å². The van der Waals surface area contributed by atoms with E-state index in [1.54, 1.807) is 28.9 Å². The summed E-state index contributed by atoms with van der Waals surface area (Å²) in [6.07, 6.45) is 5.61. The van der Waals surface area contributed by atoms with E-state index in [0.29, 0.717) is 24.9 Å². The van der Waals surface area contributed by atoms with Gasteiger partial charge in [-0.15, -0.1) is 0 Å². The van der Waals surface area contributed by atoms with Gasteiger partial charge in [-0.1, -0.05) is 18.2 Å². The third-order valence-electron chi connectivity index (χ3n) is 4.95. The van der Waals surface area contributed by atoms with Crippen LogP contribution in [0.2, 0.25) is 0 Å². The summed E-state index contributed by atoms with van der Waals surface area (Å²) in [6, 6.07) is 8.48. The van der Waals surface area contributed by atoms with E-state index in [4.69, 9.17) is 0 Å². The fourth-order valence-electron chi connectivity index (χ4n) is 3.48. The summed E-state index contributed by atoms with van der Waals surface area (Å²) in [5.74, 6) is -0.562. The Bertz CT molecular complexity index is 775. The molecule has 2 aromatic rings. The normalized spacial score (nSPS) is 21.8. The molecule has 0 radical (unpaired) electrons. The standard InChI is InChI=1S/C20H26N4O3/c1-24-13-14(12-22-24)6-5-9-21-19(26)16-10-17(18(25)11-16)23-20(27)15-7-3-2-4-8-15/h2-4,7-8,12-13,16-18,25H,5-6,9-11H2,1H3,(H,21,26)(H,23,27)/t16-,17-,18-/m0/s1. The molecule has 2 amide bonds. The fourth-order valence-corrected chi connectivity index (χ4v) is 3.48. The zero-order valence-electron chi connectivity index (χ0n) is 15.5. The zero-order chi connectivity index (χ0) is 19.2. The molecule has 1 heterocycles. The minimum atomic E-state index is -0.705. The highest BCUT2D eigenvalue weighted by atomic mass is 16.3. The van der Waals surface area contributed by atoms with Crippen molar-refractivity contribution in [3.05, 3.63) is 53.9 Å². The molecule has 27 heavy (non-hydrogen) atoms.